The van der Waals surface area contributed by atoms with E-state index < -0.39 is 0 Å². The Morgan fingerprint density at radius 3 is 2.75 bits per heavy atom. The highest BCUT2D eigenvalue weighted by molar-refractivity contribution is 5.49. The van der Waals surface area contributed by atoms with Crippen molar-refractivity contribution in [2.45, 2.75) is 13.8 Å². The van der Waals surface area contributed by atoms with Crippen molar-refractivity contribution < 1.29 is 4.74 Å². The molecular weight excluding hydrogens is 204 g/mol. The number of ether oxygens (including phenoxy) is 1. The van der Waals surface area contributed by atoms with Gasteiger partial charge in [-0.15, -0.1) is 0 Å². The average molecular weight is 224 g/mol. The molecule has 0 saturated heterocycles. The number of hydrogen-bond acceptors (Lipinski definition) is 5. The maximum atomic E-state index is 5.61. The van der Waals surface area contributed by atoms with Gasteiger partial charge in [-0.2, -0.15) is 0 Å². The number of methoxy groups -OCH3 is 1. The highest BCUT2D eigenvalue weighted by Gasteiger charge is 2.13. The van der Waals surface area contributed by atoms with Crippen molar-refractivity contribution >= 4 is 5.82 Å². The summed E-state index contributed by atoms with van der Waals surface area (Å²) in [5.74, 6) is 1.95. The number of nitrogens with two attached hydrogens (primary N) is 1. The standard InChI is InChI=1S/C11H20N4O/c1-8(5-12)6-15(3)10-9(2)11(16-4)14-7-13-10/h7-8H,5-6,12H2,1-4H3. The summed E-state index contributed by atoms with van der Waals surface area (Å²) in [6.45, 7) is 5.62. The number of rotatable bonds is 5. The first-order valence-corrected chi connectivity index (χ1v) is 5.37. The van der Waals surface area contributed by atoms with E-state index in [2.05, 4.69) is 21.8 Å². The van der Waals surface area contributed by atoms with Gasteiger partial charge in [-0.05, 0) is 19.4 Å². The van der Waals surface area contributed by atoms with Gasteiger partial charge in [0.05, 0.1) is 12.7 Å². The van der Waals surface area contributed by atoms with Crippen molar-refractivity contribution in [1.29, 1.82) is 0 Å². The van der Waals surface area contributed by atoms with E-state index in [4.69, 9.17) is 10.5 Å². The van der Waals surface area contributed by atoms with E-state index in [9.17, 15) is 0 Å². The molecular formula is C11H20N4O. The Balaban J connectivity index is 2.86. The van der Waals surface area contributed by atoms with Crippen LogP contribution in [-0.2, 0) is 0 Å². The minimum atomic E-state index is 0.436. The molecule has 5 nitrogen and oxygen atoms in total. The van der Waals surface area contributed by atoms with Crippen LogP contribution in [0.25, 0.3) is 0 Å². The Hall–Kier alpha value is -1.36. The number of nitrogens with zero attached hydrogens (tertiary/aromatic N) is 3. The van der Waals surface area contributed by atoms with E-state index in [1.54, 1.807) is 7.11 Å². The molecule has 0 saturated carbocycles. The maximum Gasteiger partial charge on any atom is 0.221 e. The Morgan fingerprint density at radius 1 is 1.50 bits per heavy atom. The minimum Gasteiger partial charge on any atom is -0.481 e. The second kappa shape index (κ2) is 5.65. The average Bonchev–Trinajstić information content (AvgIpc) is 2.29. The monoisotopic (exact) mass is 224 g/mol. The molecule has 0 aliphatic rings. The van der Waals surface area contributed by atoms with Crippen LogP contribution in [0.2, 0.25) is 0 Å². The summed E-state index contributed by atoms with van der Waals surface area (Å²) < 4.78 is 5.16. The van der Waals surface area contributed by atoms with Crippen molar-refractivity contribution in [3.63, 3.8) is 0 Å². The van der Waals surface area contributed by atoms with Gasteiger partial charge in [0, 0.05) is 13.6 Å². The topological polar surface area (TPSA) is 64.3 Å². The van der Waals surface area contributed by atoms with Crippen molar-refractivity contribution in [3.05, 3.63) is 11.9 Å². The van der Waals surface area contributed by atoms with Crippen LogP contribution in [0.4, 0.5) is 5.82 Å². The van der Waals surface area contributed by atoms with Crippen molar-refractivity contribution in [2.24, 2.45) is 11.7 Å². The number of anilines is 1. The second-order valence-electron chi connectivity index (χ2n) is 4.05. The second-order valence-corrected chi connectivity index (χ2v) is 4.05. The zero-order valence-electron chi connectivity index (χ0n) is 10.4. The van der Waals surface area contributed by atoms with Crippen molar-refractivity contribution in [3.8, 4) is 5.88 Å². The molecule has 0 spiro atoms. The molecule has 1 aromatic heterocycles. The zero-order chi connectivity index (χ0) is 12.1. The molecule has 5 heteroatoms. The fourth-order valence-corrected chi connectivity index (χ4v) is 1.64. The molecule has 0 bridgehead atoms. The van der Waals surface area contributed by atoms with Crippen LogP contribution in [0.3, 0.4) is 0 Å². The molecule has 90 valence electrons. The van der Waals surface area contributed by atoms with Gasteiger partial charge in [0.25, 0.3) is 0 Å². The van der Waals surface area contributed by atoms with Gasteiger partial charge < -0.3 is 15.4 Å². The van der Waals surface area contributed by atoms with Crippen LogP contribution in [0.15, 0.2) is 6.33 Å². The molecule has 1 aromatic rings. The van der Waals surface area contributed by atoms with E-state index in [0.717, 1.165) is 17.9 Å². The third kappa shape index (κ3) is 2.82. The minimum absolute atomic E-state index is 0.436. The van der Waals surface area contributed by atoms with Crippen molar-refractivity contribution in [1.82, 2.24) is 9.97 Å². The van der Waals surface area contributed by atoms with Crippen LogP contribution in [-0.4, -0.2) is 37.2 Å². The molecule has 0 radical (unpaired) electrons. The fourth-order valence-electron chi connectivity index (χ4n) is 1.64. The summed E-state index contributed by atoms with van der Waals surface area (Å²) in [5, 5.41) is 0. The van der Waals surface area contributed by atoms with Crippen LogP contribution >= 0.6 is 0 Å². The number of aromatic nitrogens is 2. The maximum absolute atomic E-state index is 5.61. The lowest BCUT2D eigenvalue weighted by molar-refractivity contribution is 0.393. The van der Waals surface area contributed by atoms with Gasteiger partial charge >= 0.3 is 0 Å². The van der Waals surface area contributed by atoms with Gasteiger partial charge in [0.2, 0.25) is 5.88 Å². The predicted molar refractivity (Wildman–Crippen MR) is 64.8 cm³/mol. The zero-order valence-corrected chi connectivity index (χ0v) is 10.4. The Labute approximate surface area is 96.6 Å². The van der Waals surface area contributed by atoms with Crippen LogP contribution in [0.5, 0.6) is 5.88 Å². The first kappa shape index (κ1) is 12.7. The van der Waals surface area contributed by atoms with Gasteiger partial charge in [-0.3, -0.25) is 0 Å². The Bertz CT molecular complexity index is 343. The largest absolute Gasteiger partial charge is 0.481 e. The molecule has 0 aliphatic carbocycles. The summed E-state index contributed by atoms with van der Waals surface area (Å²) >= 11 is 0. The summed E-state index contributed by atoms with van der Waals surface area (Å²) in [4.78, 5) is 10.4. The predicted octanol–water partition coefficient (Wildman–Crippen LogP) is 0.825. The molecule has 0 aromatic carbocycles. The third-order valence-corrected chi connectivity index (χ3v) is 2.55. The molecule has 2 N–H and O–H groups in total. The highest BCUT2D eigenvalue weighted by atomic mass is 16.5. The fraction of sp³-hybridized carbons (Fsp3) is 0.636. The third-order valence-electron chi connectivity index (χ3n) is 2.55. The van der Waals surface area contributed by atoms with Crippen LogP contribution < -0.4 is 15.4 Å². The molecule has 1 rings (SSSR count). The Kier molecular flexibility index (Phi) is 4.49. The van der Waals surface area contributed by atoms with E-state index >= 15 is 0 Å². The van der Waals surface area contributed by atoms with Gasteiger partial charge in [-0.1, -0.05) is 6.92 Å². The molecule has 0 fully saturated rings. The lowest BCUT2D eigenvalue weighted by atomic mass is 10.1. The lowest BCUT2D eigenvalue weighted by Gasteiger charge is -2.23. The highest BCUT2D eigenvalue weighted by Crippen LogP contribution is 2.22. The van der Waals surface area contributed by atoms with Gasteiger partial charge in [0.1, 0.15) is 12.1 Å². The number of hydrogen-bond donors (Lipinski definition) is 1. The molecule has 16 heavy (non-hydrogen) atoms. The normalized spacial score (nSPS) is 12.3. The molecule has 1 unspecified atom stereocenters. The smallest absolute Gasteiger partial charge is 0.221 e. The molecule has 1 heterocycles. The van der Waals surface area contributed by atoms with Crippen molar-refractivity contribution in [2.75, 3.05) is 32.1 Å². The summed E-state index contributed by atoms with van der Waals surface area (Å²) in [6.07, 6.45) is 1.52. The van der Waals surface area contributed by atoms with Gasteiger partial charge in [-0.25, -0.2) is 9.97 Å². The first-order valence-electron chi connectivity index (χ1n) is 5.37. The summed E-state index contributed by atoms with van der Waals surface area (Å²) in [6, 6.07) is 0. The van der Waals surface area contributed by atoms with E-state index in [1.807, 2.05) is 14.0 Å². The summed E-state index contributed by atoms with van der Waals surface area (Å²) in [5.41, 5.74) is 6.56. The Morgan fingerprint density at radius 2 is 2.19 bits per heavy atom. The first-order chi connectivity index (χ1) is 7.60. The molecule has 0 aliphatic heterocycles. The lowest BCUT2D eigenvalue weighted by Crippen LogP contribution is -2.29. The van der Waals surface area contributed by atoms with Gasteiger partial charge in [0.15, 0.2) is 0 Å². The SMILES string of the molecule is COc1ncnc(N(C)CC(C)CN)c1C. The van der Waals surface area contributed by atoms with E-state index in [0.29, 0.717) is 18.3 Å². The molecule has 1 atom stereocenters. The van der Waals surface area contributed by atoms with Crippen LogP contribution in [0, 0.1) is 12.8 Å². The summed E-state index contributed by atoms with van der Waals surface area (Å²) in [7, 11) is 3.61. The van der Waals surface area contributed by atoms with Crippen LogP contribution in [0.1, 0.15) is 12.5 Å². The quantitative estimate of drug-likeness (QED) is 0.802. The molecule has 0 amide bonds. The van der Waals surface area contributed by atoms with E-state index in [1.165, 1.54) is 6.33 Å². The van der Waals surface area contributed by atoms with E-state index in [-0.39, 0.29) is 0 Å².